The number of amides is 1. The fraction of sp³-hybridized carbons (Fsp3) is 0.400. The van der Waals surface area contributed by atoms with E-state index in [1.165, 1.54) is 6.07 Å². The molecule has 0 fully saturated rings. The minimum absolute atomic E-state index is 0.0805. The van der Waals surface area contributed by atoms with Crippen LogP contribution in [0.1, 0.15) is 13.3 Å². The lowest BCUT2D eigenvalue weighted by molar-refractivity contribution is -0.385. The summed E-state index contributed by atoms with van der Waals surface area (Å²) in [6.07, 6.45) is 1.39. The second kappa shape index (κ2) is 6.75. The zero-order chi connectivity index (χ0) is 13.5. The third-order valence-corrected chi connectivity index (χ3v) is 2.34. The van der Waals surface area contributed by atoms with E-state index >= 15 is 0 Å². The summed E-state index contributed by atoms with van der Waals surface area (Å²) in [7, 11) is 0. The standard InChI is InChI=1S/C10H13ClN4O3/c1-2-12-9(16)3-4-13-10-8(11)5-7(6-14-10)15(17)18/h5-6H,2-4H2,1H3,(H,12,16)(H,13,14). The second-order valence-corrected chi connectivity index (χ2v) is 3.82. The first-order valence-electron chi connectivity index (χ1n) is 5.35. The average Bonchev–Trinajstić information content (AvgIpc) is 2.31. The Morgan fingerprint density at radius 2 is 2.33 bits per heavy atom. The molecule has 1 amide bonds. The SMILES string of the molecule is CCNC(=O)CCNc1ncc([N+](=O)[O-])cc1Cl. The number of hydrogen-bond acceptors (Lipinski definition) is 5. The molecule has 98 valence electrons. The van der Waals surface area contributed by atoms with Crippen molar-refractivity contribution in [3.8, 4) is 0 Å². The molecule has 0 aromatic carbocycles. The Morgan fingerprint density at radius 1 is 1.61 bits per heavy atom. The molecule has 0 radical (unpaired) electrons. The second-order valence-electron chi connectivity index (χ2n) is 3.41. The van der Waals surface area contributed by atoms with Gasteiger partial charge in [0.1, 0.15) is 12.0 Å². The third kappa shape index (κ3) is 4.17. The van der Waals surface area contributed by atoms with E-state index in [0.717, 1.165) is 6.20 Å². The number of aromatic nitrogens is 1. The summed E-state index contributed by atoms with van der Waals surface area (Å²) < 4.78 is 0. The van der Waals surface area contributed by atoms with Gasteiger partial charge in [0.05, 0.1) is 9.95 Å². The molecule has 1 aromatic rings. The summed E-state index contributed by atoms with van der Waals surface area (Å²) in [5, 5.41) is 16.1. The van der Waals surface area contributed by atoms with Crippen LogP contribution in [0.5, 0.6) is 0 Å². The summed E-state index contributed by atoms with van der Waals surface area (Å²) in [4.78, 5) is 24.9. The molecule has 18 heavy (non-hydrogen) atoms. The van der Waals surface area contributed by atoms with Gasteiger partial charge in [0, 0.05) is 25.6 Å². The largest absolute Gasteiger partial charge is 0.368 e. The highest BCUT2D eigenvalue weighted by Gasteiger charge is 2.10. The van der Waals surface area contributed by atoms with Crippen molar-refractivity contribution in [2.24, 2.45) is 0 Å². The Morgan fingerprint density at radius 3 is 2.89 bits per heavy atom. The van der Waals surface area contributed by atoms with E-state index in [0.29, 0.717) is 18.9 Å². The van der Waals surface area contributed by atoms with Crippen molar-refractivity contribution < 1.29 is 9.72 Å². The third-order valence-electron chi connectivity index (χ3n) is 2.06. The minimum atomic E-state index is -0.572. The topological polar surface area (TPSA) is 97.2 Å². The molecule has 0 spiro atoms. The summed E-state index contributed by atoms with van der Waals surface area (Å²) in [5.41, 5.74) is -0.172. The molecular formula is C10H13ClN4O3. The highest BCUT2D eigenvalue weighted by Crippen LogP contribution is 2.23. The lowest BCUT2D eigenvalue weighted by Gasteiger charge is -2.06. The number of nitrogens with zero attached hydrogens (tertiary/aromatic N) is 2. The molecule has 0 aliphatic heterocycles. The maximum absolute atomic E-state index is 11.2. The Labute approximate surface area is 109 Å². The van der Waals surface area contributed by atoms with Crippen molar-refractivity contribution in [3.05, 3.63) is 27.4 Å². The van der Waals surface area contributed by atoms with Crippen molar-refractivity contribution in [3.63, 3.8) is 0 Å². The zero-order valence-corrected chi connectivity index (χ0v) is 10.5. The number of pyridine rings is 1. The molecule has 0 aliphatic carbocycles. The van der Waals surface area contributed by atoms with Crippen LogP contribution in [0.15, 0.2) is 12.3 Å². The van der Waals surface area contributed by atoms with Gasteiger partial charge in [0.25, 0.3) is 5.69 Å². The van der Waals surface area contributed by atoms with Gasteiger partial charge in [-0.15, -0.1) is 0 Å². The maximum atomic E-state index is 11.2. The van der Waals surface area contributed by atoms with Gasteiger partial charge in [0.2, 0.25) is 5.91 Å². The average molecular weight is 273 g/mol. The molecule has 0 atom stereocenters. The number of halogens is 1. The molecule has 8 heteroatoms. The fourth-order valence-corrected chi connectivity index (χ4v) is 1.47. The van der Waals surface area contributed by atoms with Crippen LogP contribution in [0.2, 0.25) is 5.02 Å². The number of anilines is 1. The molecule has 1 rings (SSSR count). The number of carbonyl (C=O) groups is 1. The molecule has 7 nitrogen and oxygen atoms in total. The van der Waals surface area contributed by atoms with Crippen LogP contribution in [0.25, 0.3) is 0 Å². The van der Waals surface area contributed by atoms with Gasteiger partial charge >= 0.3 is 0 Å². The molecule has 0 saturated carbocycles. The van der Waals surface area contributed by atoms with Crippen LogP contribution in [0, 0.1) is 10.1 Å². The predicted octanol–water partition coefficient (Wildman–Crippen LogP) is 1.58. The lowest BCUT2D eigenvalue weighted by atomic mass is 10.3. The molecule has 0 bridgehead atoms. The van der Waals surface area contributed by atoms with E-state index in [9.17, 15) is 14.9 Å². The molecular weight excluding hydrogens is 260 g/mol. The van der Waals surface area contributed by atoms with Crippen LogP contribution >= 0.6 is 11.6 Å². The molecule has 0 aliphatic rings. The van der Waals surface area contributed by atoms with E-state index in [4.69, 9.17) is 11.6 Å². The predicted molar refractivity (Wildman–Crippen MR) is 67.7 cm³/mol. The van der Waals surface area contributed by atoms with Gasteiger partial charge in [0.15, 0.2) is 0 Å². The van der Waals surface area contributed by atoms with Gasteiger partial charge in [-0.1, -0.05) is 11.6 Å². The van der Waals surface area contributed by atoms with Crippen LogP contribution in [-0.4, -0.2) is 28.9 Å². The van der Waals surface area contributed by atoms with E-state index in [-0.39, 0.29) is 23.0 Å². The molecule has 1 aromatic heterocycles. The number of rotatable bonds is 6. The summed E-state index contributed by atoms with van der Waals surface area (Å²) in [6, 6.07) is 1.21. The van der Waals surface area contributed by atoms with Gasteiger partial charge in [-0.2, -0.15) is 0 Å². The summed E-state index contributed by atoms with van der Waals surface area (Å²) in [6.45, 7) is 2.77. The maximum Gasteiger partial charge on any atom is 0.289 e. The smallest absolute Gasteiger partial charge is 0.289 e. The van der Waals surface area contributed by atoms with Crippen LogP contribution < -0.4 is 10.6 Å². The fourth-order valence-electron chi connectivity index (χ4n) is 1.24. The Balaban J connectivity index is 2.53. The summed E-state index contributed by atoms with van der Waals surface area (Å²) >= 11 is 5.82. The Kier molecular flexibility index (Phi) is 5.31. The quantitative estimate of drug-likeness (QED) is 0.605. The Hall–Kier alpha value is -1.89. The minimum Gasteiger partial charge on any atom is -0.368 e. The van der Waals surface area contributed by atoms with E-state index in [1.54, 1.807) is 0 Å². The van der Waals surface area contributed by atoms with E-state index in [2.05, 4.69) is 15.6 Å². The highest BCUT2D eigenvalue weighted by atomic mass is 35.5. The van der Waals surface area contributed by atoms with Crippen molar-refractivity contribution in [2.45, 2.75) is 13.3 Å². The molecule has 0 unspecified atom stereocenters. The highest BCUT2D eigenvalue weighted by molar-refractivity contribution is 6.33. The first kappa shape index (κ1) is 14.2. The first-order valence-corrected chi connectivity index (χ1v) is 5.73. The number of hydrogen-bond donors (Lipinski definition) is 2. The van der Waals surface area contributed by atoms with E-state index < -0.39 is 4.92 Å². The van der Waals surface area contributed by atoms with Crippen molar-refractivity contribution in [2.75, 3.05) is 18.4 Å². The normalized spacial score (nSPS) is 9.89. The van der Waals surface area contributed by atoms with Gasteiger partial charge in [-0.25, -0.2) is 4.98 Å². The van der Waals surface area contributed by atoms with Gasteiger partial charge < -0.3 is 10.6 Å². The van der Waals surface area contributed by atoms with Crippen LogP contribution in [-0.2, 0) is 4.79 Å². The van der Waals surface area contributed by atoms with E-state index in [1.807, 2.05) is 6.92 Å². The van der Waals surface area contributed by atoms with Crippen LogP contribution in [0.4, 0.5) is 11.5 Å². The molecule has 0 saturated heterocycles. The van der Waals surface area contributed by atoms with Crippen molar-refractivity contribution in [1.82, 2.24) is 10.3 Å². The molecule has 2 N–H and O–H groups in total. The van der Waals surface area contributed by atoms with Crippen molar-refractivity contribution >= 4 is 29.0 Å². The number of nitro groups is 1. The van der Waals surface area contributed by atoms with Crippen LogP contribution in [0.3, 0.4) is 0 Å². The summed E-state index contributed by atoms with van der Waals surface area (Å²) in [5.74, 6) is 0.245. The van der Waals surface area contributed by atoms with Gasteiger partial charge in [-0.3, -0.25) is 14.9 Å². The number of nitrogens with one attached hydrogen (secondary N) is 2. The lowest BCUT2D eigenvalue weighted by Crippen LogP contribution is -2.24. The first-order chi connectivity index (χ1) is 8.54. The number of carbonyl (C=O) groups excluding carboxylic acids is 1. The van der Waals surface area contributed by atoms with Gasteiger partial charge in [-0.05, 0) is 6.92 Å². The zero-order valence-electron chi connectivity index (χ0n) is 9.77. The van der Waals surface area contributed by atoms with Crippen molar-refractivity contribution in [1.29, 1.82) is 0 Å². The molecule has 1 heterocycles. The Bertz CT molecular complexity index is 453. The monoisotopic (exact) mass is 272 g/mol.